The predicted molar refractivity (Wildman–Crippen MR) is 183 cm³/mol. The van der Waals surface area contributed by atoms with Crippen molar-refractivity contribution in [3.05, 3.63) is 41.5 Å². The van der Waals surface area contributed by atoms with Gasteiger partial charge < -0.3 is 14.6 Å². The van der Waals surface area contributed by atoms with E-state index in [1.807, 2.05) is 0 Å². The summed E-state index contributed by atoms with van der Waals surface area (Å²) < 4.78 is 11.5. The number of rotatable bonds is 8. The van der Waals surface area contributed by atoms with E-state index in [2.05, 4.69) is 61.5 Å². The molecule has 0 amide bonds. The first-order valence-electron chi connectivity index (χ1n) is 18.1. The minimum atomic E-state index is -0.277. The van der Waals surface area contributed by atoms with Gasteiger partial charge in [0.1, 0.15) is 6.10 Å². The maximum Gasteiger partial charge on any atom is 0.331 e. The predicted octanol–water partition coefficient (Wildman–Crippen LogP) is 10.4. The van der Waals surface area contributed by atoms with E-state index in [1.165, 1.54) is 71.0 Å². The van der Waals surface area contributed by atoms with E-state index in [4.69, 9.17) is 9.47 Å². The maximum absolute atomic E-state index is 13.1. The Morgan fingerprint density at radius 1 is 0.956 bits per heavy atom. The molecule has 6 rings (SSSR count). The Labute approximate surface area is 273 Å². The molecule has 45 heavy (non-hydrogen) atoms. The smallest absolute Gasteiger partial charge is 0.331 e. The molecule has 0 radical (unpaired) electrons. The number of carbonyl (C=O) groups excluding carboxylic acids is 1. The standard InChI is InChI=1S/C41H60O4/c1-26(2)27(3)10-11-28(4)30-18-20-39(8)34-16-15-33-37(5,6)35(19-21-40(33)25-41(34,40)23-22-38(30,39)7)45-36(43)17-13-29-12-14-31(42)32(24-29)44-9/h10,12-14,17,24,26,28,30,33-35,42H,11,15-16,18-23,25H2,1-9H3/b17-13+,27-10+/t28-,30-,33+,34+,35+,38-,39+,40-,41+/m1/s1. The Bertz CT molecular complexity index is 1370. The Hall–Kier alpha value is -2.23. The highest BCUT2D eigenvalue weighted by molar-refractivity contribution is 5.87. The van der Waals surface area contributed by atoms with Crippen molar-refractivity contribution in [1.29, 1.82) is 0 Å². The second kappa shape index (κ2) is 11.2. The molecule has 5 saturated carbocycles. The monoisotopic (exact) mass is 616 g/mol. The van der Waals surface area contributed by atoms with Gasteiger partial charge in [-0.1, -0.05) is 66.2 Å². The number of phenols is 1. The summed E-state index contributed by atoms with van der Waals surface area (Å²) in [7, 11) is 1.53. The van der Waals surface area contributed by atoms with Crippen molar-refractivity contribution in [2.75, 3.05) is 7.11 Å². The van der Waals surface area contributed by atoms with Crippen LogP contribution in [0.5, 0.6) is 11.5 Å². The maximum atomic E-state index is 13.1. The molecular weight excluding hydrogens is 556 g/mol. The van der Waals surface area contributed by atoms with E-state index in [-0.39, 0.29) is 23.2 Å². The second-order valence-electron chi connectivity index (χ2n) is 17.5. The van der Waals surface area contributed by atoms with Crippen LogP contribution >= 0.6 is 0 Å². The molecule has 0 bridgehead atoms. The molecule has 5 fully saturated rings. The van der Waals surface area contributed by atoms with E-state index in [1.54, 1.807) is 29.8 Å². The Morgan fingerprint density at radius 3 is 2.38 bits per heavy atom. The van der Waals surface area contributed by atoms with Gasteiger partial charge in [-0.3, -0.25) is 0 Å². The number of ether oxygens (including phenoxy) is 2. The molecule has 9 atom stereocenters. The third-order valence-electron chi connectivity index (χ3n) is 15.4. The SMILES string of the molecule is COc1cc(/C=C/C(=O)O[C@H]2CC[C@]34C[C@]35CC[C@]3(C)[C@@H]([C@H](C)C/C=C(\C)C(C)C)CC[C@@]3(C)[C@@H]5CC[C@H]4C2(C)C)ccc1O. The van der Waals surface area contributed by atoms with Crippen molar-refractivity contribution >= 4 is 12.0 Å². The summed E-state index contributed by atoms with van der Waals surface area (Å²) in [5.74, 6) is 3.88. The summed E-state index contributed by atoms with van der Waals surface area (Å²) in [4.78, 5) is 13.1. The number of benzene rings is 1. The summed E-state index contributed by atoms with van der Waals surface area (Å²) in [5.41, 5.74) is 4.12. The summed E-state index contributed by atoms with van der Waals surface area (Å²) >= 11 is 0. The zero-order chi connectivity index (χ0) is 32.6. The lowest BCUT2D eigenvalue weighted by Crippen LogP contribution is -2.58. The van der Waals surface area contributed by atoms with Crippen molar-refractivity contribution in [3.63, 3.8) is 0 Å². The normalized spacial score (nSPS) is 40.7. The van der Waals surface area contributed by atoms with Gasteiger partial charge >= 0.3 is 5.97 Å². The lowest BCUT2D eigenvalue weighted by molar-refractivity contribution is -0.179. The van der Waals surface area contributed by atoms with Crippen LogP contribution in [-0.4, -0.2) is 24.3 Å². The lowest BCUT2D eigenvalue weighted by Gasteiger charge is -2.63. The van der Waals surface area contributed by atoms with Gasteiger partial charge in [-0.05, 0) is 146 Å². The third-order valence-corrected chi connectivity index (χ3v) is 15.4. The fourth-order valence-electron chi connectivity index (χ4n) is 12.4. The van der Waals surface area contributed by atoms with Crippen molar-refractivity contribution in [2.45, 2.75) is 126 Å². The fourth-order valence-corrected chi connectivity index (χ4v) is 12.4. The highest BCUT2D eigenvalue weighted by Crippen LogP contribution is 2.89. The molecule has 0 aliphatic heterocycles. The molecule has 0 heterocycles. The van der Waals surface area contributed by atoms with Crippen LogP contribution in [0.25, 0.3) is 6.08 Å². The fraction of sp³-hybridized carbons (Fsp3) is 0.732. The van der Waals surface area contributed by atoms with Gasteiger partial charge in [-0.2, -0.15) is 0 Å². The van der Waals surface area contributed by atoms with Crippen molar-refractivity contribution in [2.24, 2.45) is 56.7 Å². The molecule has 0 saturated heterocycles. The highest BCUT2D eigenvalue weighted by atomic mass is 16.5. The topological polar surface area (TPSA) is 55.8 Å². The summed E-state index contributed by atoms with van der Waals surface area (Å²) in [6, 6.07) is 5.09. The van der Waals surface area contributed by atoms with E-state index < -0.39 is 0 Å². The molecule has 4 heteroatoms. The molecule has 0 unspecified atom stereocenters. The van der Waals surface area contributed by atoms with Crippen molar-refractivity contribution in [1.82, 2.24) is 0 Å². The first-order chi connectivity index (χ1) is 21.1. The third kappa shape index (κ3) is 4.85. The average molecular weight is 617 g/mol. The number of phenolic OH excluding ortho intramolecular Hbond substituents is 1. The molecule has 4 nitrogen and oxygen atoms in total. The molecule has 0 aromatic heterocycles. The average Bonchev–Trinajstić information content (AvgIpc) is 3.58. The van der Waals surface area contributed by atoms with Crippen LogP contribution in [0.1, 0.15) is 125 Å². The quantitative estimate of drug-likeness (QED) is 0.179. The summed E-state index contributed by atoms with van der Waals surface area (Å²) in [5, 5.41) is 9.89. The number of fused-ring (bicyclic) bond motifs is 2. The van der Waals surface area contributed by atoms with Crippen LogP contribution < -0.4 is 4.74 Å². The molecule has 2 spiro atoms. The molecule has 248 valence electrons. The van der Waals surface area contributed by atoms with E-state index in [0.717, 1.165) is 29.7 Å². The lowest BCUT2D eigenvalue weighted by atomic mass is 9.41. The number of allylic oxidation sites excluding steroid dienone is 2. The van der Waals surface area contributed by atoms with E-state index in [9.17, 15) is 9.90 Å². The van der Waals surface area contributed by atoms with E-state index in [0.29, 0.717) is 39.2 Å². The minimum Gasteiger partial charge on any atom is -0.504 e. The first-order valence-corrected chi connectivity index (χ1v) is 18.1. The van der Waals surface area contributed by atoms with Crippen molar-refractivity contribution < 1.29 is 19.4 Å². The molecular formula is C41H60O4. The minimum absolute atomic E-state index is 0.0348. The van der Waals surface area contributed by atoms with Crippen LogP contribution in [0.2, 0.25) is 0 Å². The van der Waals surface area contributed by atoms with Gasteiger partial charge in [0, 0.05) is 11.5 Å². The zero-order valence-electron chi connectivity index (χ0n) is 29.7. The largest absolute Gasteiger partial charge is 0.504 e. The molecule has 1 aromatic carbocycles. The van der Waals surface area contributed by atoms with Gasteiger partial charge in [0.15, 0.2) is 11.5 Å². The number of hydrogen-bond donors (Lipinski definition) is 1. The zero-order valence-corrected chi connectivity index (χ0v) is 29.7. The van der Waals surface area contributed by atoms with Crippen LogP contribution in [0, 0.1) is 56.7 Å². The number of esters is 1. The van der Waals surface area contributed by atoms with Gasteiger partial charge in [-0.15, -0.1) is 0 Å². The van der Waals surface area contributed by atoms with Gasteiger partial charge in [0.25, 0.3) is 0 Å². The molecule has 5 aliphatic carbocycles. The number of aromatic hydroxyl groups is 1. The highest BCUT2D eigenvalue weighted by Gasteiger charge is 2.82. The van der Waals surface area contributed by atoms with Crippen LogP contribution in [-0.2, 0) is 9.53 Å². The summed E-state index contributed by atoms with van der Waals surface area (Å²) in [6.45, 7) is 19.7. The van der Waals surface area contributed by atoms with Gasteiger partial charge in [0.2, 0.25) is 0 Å². The number of hydrogen-bond acceptors (Lipinski definition) is 4. The second-order valence-corrected chi connectivity index (χ2v) is 17.5. The Balaban J connectivity index is 1.15. The van der Waals surface area contributed by atoms with Crippen LogP contribution in [0.4, 0.5) is 0 Å². The first kappa shape index (κ1) is 32.7. The van der Waals surface area contributed by atoms with Gasteiger partial charge in [0.05, 0.1) is 7.11 Å². The Kier molecular flexibility index (Phi) is 8.13. The van der Waals surface area contributed by atoms with Crippen LogP contribution in [0.3, 0.4) is 0 Å². The number of methoxy groups -OCH3 is 1. The van der Waals surface area contributed by atoms with Crippen molar-refractivity contribution in [3.8, 4) is 11.5 Å². The number of carbonyl (C=O) groups is 1. The van der Waals surface area contributed by atoms with E-state index >= 15 is 0 Å². The van der Waals surface area contributed by atoms with Crippen LogP contribution in [0.15, 0.2) is 35.9 Å². The Morgan fingerprint density at radius 2 is 1.67 bits per heavy atom. The van der Waals surface area contributed by atoms with Gasteiger partial charge in [-0.25, -0.2) is 4.79 Å². The molecule has 1 aromatic rings. The molecule has 5 aliphatic rings. The summed E-state index contributed by atoms with van der Waals surface area (Å²) in [6.07, 6.45) is 18.8. The molecule has 1 N–H and O–H groups in total.